The molecule has 7 heteroatoms. The molecule has 1 aliphatic heterocycles. The first kappa shape index (κ1) is 15.2. The van der Waals surface area contributed by atoms with Crippen molar-refractivity contribution in [2.24, 2.45) is 0 Å². The Bertz CT molecular complexity index is 482. The maximum absolute atomic E-state index is 13.0. The van der Waals surface area contributed by atoms with Crippen LogP contribution in [0.1, 0.15) is 18.1 Å². The third kappa shape index (κ3) is 3.88. The molecule has 0 aromatic heterocycles. The average molecular weight is 305 g/mol. The number of aliphatic hydroxyl groups excluding tert-OH is 1. The first-order chi connectivity index (χ1) is 9.37. The number of benzene rings is 1. The molecule has 1 saturated heterocycles. The average Bonchev–Trinajstić information content (AvgIpc) is 2.77. The number of carbonyl (C=O) groups excluding carboxylic acids is 1. The Morgan fingerprint density at radius 3 is 2.70 bits per heavy atom. The number of amides is 1. The number of aliphatic hydroxyl groups is 1. The molecule has 2 rings (SSSR count). The number of halogens is 3. The van der Waals surface area contributed by atoms with Crippen LogP contribution >= 0.6 is 11.6 Å². The minimum absolute atomic E-state index is 0.0375. The number of rotatable bonds is 4. The highest BCUT2D eigenvalue weighted by molar-refractivity contribution is 6.30. The Morgan fingerprint density at radius 1 is 1.50 bits per heavy atom. The summed E-state index contributed by atoms with van der Waals surface area (Å²) in [6.07, 6.45) is -1.42. The summed E-state index contributed by atoms with van der Waals surface area (Å²) in [7, 11) is 0. The van der Waals surface area contributed by atoms with Gasteiger partial charge in [0.25, 0.3) is 5.92 Å². The predicted molar refractivity (Wildman–Crippen MR) is 70.8 cm³/mol. The van der Waals surface area contributed by atoms with Gasteiger partial charge in [-0.3, -0.25) is 10.1 Å². The van der Waals surface area contributed by atoms with E-state index in [0.29, 0.717) is 10.6 Å². The second-order valence-corrected chi connectivity index (χ2v) is 5.24. The van der Waals surface area contributed by atoms with E-state index in [-0.39, 0.29) is 6.54 Å². The van der Waals surface area contributed by atoms with Gasteiger partial charge in [-0.25, -0.2) is 8.78 Å². The molecule has 1 heterocycles. The van der Waals surface area contributed by atoms with Crippen LogP contribution in [0, 0.1) is 0 Å². The first-order valence-electron chi connectivity index (χ1n) is 6.20. The zero-order valence-electron chi connectivity index (χ0n) is 10.6. The normalized spacial score (nSPS) is 22.5. The second kappa shape index (κ2) is 6.03. The summed E-state index contributed by atoms with van der Waals surface area (Å²) in [6.45, 7) is -0.533. The van der Waals surface area contributed by atoms with Crippen molar-refractivity contribution in [1.29, 1.82) is 0 Å². The monoisotopic (exact) mass is 304 g/mol. The second-order valence-electron chi connectivity index (χ2n) is 4.81. The van der Waals surface area contributed by atoms with Crippen LogP contribution < -0.4 is 10.6 Å². The summed E-state index contributed by atoms with van der Waals surface area (Å²) >= 11 is 5.73. The SMILES string of the molecule is O=C(NCC(O)c1ccc(Cl)cc1)C1CC(F)(F)CN1. The van der Waals surface area contributed by atoms with E-state index in [1.54, 1.807) is 24.3 Å². The van der Waals surface area contributed by atoms with Crippen LogP contribution in [0.25, 0.3) is 0 Å². The minimum Gasteiger partial charge on any atom is -0.387 e. The third-order valence-electron chi connectivity index (χ3n) is 3.15. The maximum Gasteiger partial charge on any atom is 0.262 e. The van der Waals surface area contributed by atoms with E-state index in [0.717, 1.165) is 0 Å². The lowest BCUT2D eigenvalue weighted by atomic mass is 10.1. The molecule has 20 heavy (non-hydrogen) atoms. The molecule has 1 amide bonds. The van der Waals surface area contributed by atoms with Crippen molar-refractivity contribution in [2.75, 3.05) is 13.1 Å². The molecule has 0 radical (unpaired) electrons. The van der Waals surface area contributed by atoms with Gasteiger partial charge in [0, 0.05) is 18.0 Å². The van der Waals surface area contributed by atoms with E-state index < -0.39 is 36.9 Å². The lowest BCUT2D eigenvalue weighted by Crippen LogP contribution is -2.41. The maximum atomic E-state index is 13.0. The van der Waals surface area contributed by atoms with Gasteiger partial charge in [-0.05, 0) is 17.7 Å². The molecule has 110 valence electrons. The molecule has 0 spiro atoms. The van der Waals surface area contributed by atoms with Gasteiger partial charge >= 0.3 is 0 Å². The summed E-state index contributed by atoms with van der Waals surface area (Å²) in [6, 6.07) is 5.62. The molecule has 3 N–H and O–H groups in total. The van der Waals surface area contributed by atoms with Crippen molar-refractivity contribution in [1.82, 2.24) is 10.6 Å². The number of carbonyl (C=O) groups is 1. The van der Waals surface area contributed by atoms with E-state index in [1.807, 2.05) is 0 Å². The number of hydrogen-bond acceptors (Lipinski definition) is 3. The van der Waals surface area contributed by atoms with Crippen molar-refractivity contribution in [3.63, 3.8) is 0 Å². The van der Waals surface area contributed by atoms with Gasteiger partial charge in [-0.1, -0.05) is 23.7 Å². The van der Waals surface area contributed by atoms with E-state index in [9.17, 15) is 18.7 Å². The third-order valence-corrected chi connectivity index (χ3v) is 3.40. The van der Waals surface area contributed by atoms with E-state index >= 15 is 0 Å². The van der Waals surface area contributed by atoms with E-state index in [2.05, 4.69) is 10.6 Å². The van der Waals surface area contributed by atoms with Crippen LogP contribution in [-0.2, 0) is 4.79 Å². The zero-order valence-corrected chi connectivity index (χ0v) is 11.3. The fourth-order valence-electron chi connectivity index (χ4n) is 2.02. The predicted octanol–water partition coefficient (Wildman–Crippen LogP) is 1.49. The Kier molecular flexibility index (Phi) is 4.57. The summed E-state index contributed by atoms with van der Waals surface area (Å²) < 4.78 is 25.9. The van der Waals surface area contributed by atoms with E-state index in [1.165, 1.54) is 0 Å². The van der Waals surface area contributed by atoms with Crippen LogP contribution in [0.5, 0.6) is 0 Å². The summed E-state index contributed by atoms with van der Waals surface area (Å²) in [5.41, 5.74) is 0.597. The Morgan fingerprint density at radius 2 is 2.15 bits per heavy atom. The van der Waals surface area contributed by atoms with Crippen LogP contribution in [0.2, 0.25) is 5.02 Å². The molecule has 0 aliphatic carbocycles. The Hall–Kier alpha value is -1.24. The van der Waals surface area contributed by atoms with Gasteiger partial charge in [0.05, 0.1) is 18.7 Å². The van der Waals surface area contributed by atoms with Crippen LogP contribution in [0.4, 0.5) is 8.78 Å². The van der Waals surface area contributed by atoms with E-state index in [4.69, 9.17) is 11.6 Å². The number of alkyl halides is 2. The molecule has 1 aromatic rings. The van der Waals surface area contributed by atoms with Crippen molar-refractivity contribution >= 4 is 17.5 Å². The van der Waals surface area contributed by atoms with Crippen molar-refractivity contribution < 1.29 is 18.7 Å². The molecule has 0 bridgehead atoms. The highest BCUT2D eigenvalue weighted by Crippen LogP contribution is 2.25. The standard InChI is InChI=1S/C13H15ClF2N2O2/c14-9-3-1-8(2-4-9)11(19)6-17-12(20)10-5-13(15,16)7-18-10/h1-4,10-11,18-19H,5-7H2,(H,17,20). The topological polar surface area (TPSA) is 61.4 Å². The molecular formula is C13H15ClF2N2O2. The fourth-order valence-corrected chi connectivity index (χ4v) is 2.15. The van der Waals surface area contributed by atoms with Gasteiger partial charge in [0.1, 0.15) is 0 Å². The Balaban J connectivity index is 1.83. The van der Waals surface area contributed by atoms with Gasteiger partial charge in [0.2, 0.25) is 5.91 Å². The number of hydrogen-bond donors (Lipinski definition) is 3. The van der Waals surface area contributed by atoms with Gasteiger partial charge in [-0.2, -0.15) is 0 Å². The molecule has 2 unspecified atom stereocenters. The fraction of sp³-hybridized carbons (Fsp3) is 0.462. The lowest BCUT2D eigenvalue weighted by Gasteiger charge is -2.15. The first-order valence-corrected chi connectivity index (χ1v) is 6.58. The molecule has 1 fully saturated rings. The highest BCUT2D eigenvalue weighted by atomic mass is 35.5. The Labute approximate surface area is 120 Å². The summed E-state index contributed by atoms with van der Waals surface area (Å²) in [5, 5.41) is 15.3. The quantitative estimate of drug-likeness (QED) is 0.790. The molecule has 1 aliphatic rings. The summed E-state index contributed by atoms with van der Waals surface area (Å²) in [5.74, 6) is -3.38. The molecule has 0 saturated carbocycles. The van der Waals surface area contributed by atoms with Gasteiger partial charge < -0.3 is 10.4 Å². The summed E-state index contributed by atoms with van der Waals surface area (Å²) in [4.78, 5) is 11.7. The molecular weight excluding hydrogens is 290 g/mol. The number of nitrogens with one attached hydrogen (secondary N) is 2. The van der Waals surface area contributed by atoms with Gasteiger partial charge in [-0.15, -0.1) is 0 Å². The van der Waals surface area contributed by atoms with Crippen molar-refractivity contribution in [3.8, 4) is 0 Å². The van der Waals surface area contributed by atoms with Crippen LogP contribution in [-0.4, -0.2) is 36.1 Å². The molecule has 2 atom stereocenters. The minimum atomic E-state index is -2.85. The highest BCUT2D eigenvalue weighted by Gasteiger charge is 2.42. The molecule has 1 aromatic carbocycles. The zero-order chi connectivity index (χ0) is 14.8. The largest absolute Gasteiger partial charge is 0.387 e. The van der Waals surface area contributed by atoms with Crippen LogP contribution in [0.3, 0.4) is 0 Å². The smallest absolute Gasteiger partial charge is 0.262 e. The van der Waals surface area contributed by atoms with Crippen molar-refractivity contribution in [3.05, 3.63) is 34.9 Å². The van der Waals surface area contributed by atoms with Crippen LogP contribution in [0.15, 0.2) is 24.3 Å². The lowest BCUT2D eigenvalue weighted by molar-refractivity contribution is -0.123. The van der Waals surface area contributed by atoms with Gasteiger partial charge in [0.15, 0.2) is 0 Å². The molecule has 4 nitrogen and oxygen atoms in total. The van der Waals surface area contributed by atoms with Crippen molar-refractivity contribution in [2.45, 2.75) is 24.5 Å².